The highest BCUT2D eigenvalue weighted by molar-refractivity contribution is 5.64. The van der Waals surface area contributed by atoms with Crippen LogP contribution in [0, 0.1) is 11.6 Å². The average Bonchev–Trinajstić information content (AvgIpc) is 3.04. The first-order valence-electron chi connectivity index (χ1n) is 7.60. The summed E-state index contributed by atoms with van der Waals surface area (Å²) in [6.07, 6.45) is 4.31. The van der Waals surface area contributed by atoms with Crippen molar-refractivity contribution < 1.29 is 8.78 Å². The molecule has 24 heavy (non-hydrogen) atoms. The predicted octanol–water partition coefficient (Wildman–Crippen LogP) is 2.93. The van der Waals surface area contributed by atoms with Crippen LogP contribution in [-0.2, 0) is 6.42 Å². The van der Waals surface area contributed by atoms with Gasteiger partial charge in [-0.3, -0.25) is 0 Å². The zero-order valence-corrected chi connectivity index (χ0v) is 13.1. The zero-order chi connectivity index (χ0) is 17.1. The normalized spacial score (nSPS) is 11.0. The smallest absolute Gasteiger partial charge is 0.190 e. The Hall–Kier alpha value is -2.90. The molecule has 3 rings (SSSR count). The van der Waals surface area contributed by atoms with E-state index in [-0.39, 0.29) is 17.2 Å². The number of anilines is 1. The van der Waals surface area contributed by atoms with Gasteiger partial charge in [-0.05, 0) is 47.0 Å². The van der Waals surface area contributed by atoms with Crippen molar-refractivity contribution in [2.24, 2.45) is 0 Å². The van der Waals surface area contributed by atoms with Crippen LogP contribution in [0.25, 0.3) is 17.1 Å². The minimum Gasteiger partial charge on any atom is -0.382 e. The number of nitrogen functional groups attached to an aromatic ring is 1. The number of pyridine rings is 1. The van der Waals surface area contributed by atoms with E-state index in [9.17, 15) is 8.78 Å². The topological polar surface area (TPSA) is 82.5 Å². The molecule has 2 N–H and O–H groups in total. The molecular formula is C16H16F2N6. The number of hydrogen-bond acceptors (Lipinski definition) is 5. The quantitative estimate of drug-likeness (QED) is 0.778. The number of nitrogens with two attached hydrogens (primary N) is 1. The molecule has 2 aromatic heterocycles. The lowest BCUT2D eigenvalue weighted by atomic mass is 10.1. The number of unbranched alkanes of at least 4 members (excludes halogenated alkanes) is 1. The molecule has 124 valence electrons. The van der Waals surface area contributed by atoms with E-state index in [1.807, 2.05) is 6.07 Å². The van der Waals surface area contributed by atoms with Crippen molar-refractivity contribution in [1.82, 2.24) is 25.2 Å². The fourth-order valence-corrected chi connectivity index (χ4v) is 2.51. The molecule has 0 aliphatic heterocycles. The molecule has 3 aromatic rings. The highest BCUT2D eigenvalue weighted by atomic mass is 19.2. The van der Waals surface area contributed by atoms with Gasteiger partial charge in [-0.2, -0.15) is 4.68 Å². The first-order chi connectivity index (χ1) is 11.6. The number of aryl methyl sites for hydroxylation is 1. The fourth-order valence-electron chi connectivity index (χ4n) is 2.51. The monoisotopic (exact) mass is 330 g/mol. The molecule has 0 fully saturated rings. The summed E-state index contributed by atoms with van der Waals surface area (Å²) < 4.78 is 29.0. The summed E-state index contributed by atoms with van der Waals surface area (Å²) in [5, 5.41) is 11.3. The molecule has 0 aliphatic carbocycles. The Morgan fingerprint density at radius 3 is 2.83 bits per heavy atom. The van der Waals surface area contributed by atoms with Gasteiger partial charge in [0.1, 0.15) is 11.5 Å². The van der Waals surface area contributed by atoms with Gasteiger partial charge in [-0.15, -0.1) is 5.10 Å². The third kappa shape index (κ3) is 2.82. The Balaban J connectivity index is 2.17. The third-order valence-electron chi connectivity index (χ3n) is 3.71. The van der Waals surface area contributed by atoms with Gasteiger partial charge in [0.2, 0.25) is 0 Å². The first kappa shape index (κ1) is 16.0. The number of aromatic nitrogens is 5. The molecule has 2 heterocycles. The standard InChI is InChI=1S/C16H16F2N6/c1-2-3-5-10-8-9-20-15(19)14(10)24-16(21-22-23-24)11-6-4-7-12(17)13(11)18/h4,6-9H,2-3,5H2,1H3,(H2,19,20). The van der Waals surface area contributed by atoms with Gasteiger partial charge in [-0.1, -0.05) is 19.4 Å². The van der Waals surface area contributed by atoms with Crippen molar-refractivity contribution in [3.8, 4) is 17.1 Å². The fraction of sp³-hybridized carbons (Fsp3) is 0.250. The molecule has 0 saturated carbocycles. The van der Waals surface area contributed by atoms with Gasteiger partial charge in [0.25, 0.3) is 0 Å². The molecule has 1 aromatic carbocycles. The maximum absolute atomic E-state index is 14.1. The summed E-state index contributed by atoms with van der Waals surface area (Å²) in [6, 6.07) is 5.68. The van der Waals surface area contributed by atoms with Crippen molar-refractivity contribution in [1.29, 1.82) is 0 Å². The minimum absolute atomic E-state index is 0.0373. The predicted molar refractivity (Wildman–Crippen MR) is 85.3 cm³/mol. The second-order valence-corrected chi connectivity index (χ2v) is 5.32. The molecule has 0 unspecified atom stereocenters. The van der Waals surface area contributed by atoms with Gasteiger partial charge < -0.3 is 5.73 Å². The van der Waals surface area contributed by atoms with Crippen molar-refractivity contribution in [2.45, 2.75) is 26.2 Å². The van der Waals surface area contributed by atoms with E-state index in [0.29, 0.717) is 5.69 Å². The Morgan fingerprint density at radius 1 is 1.21 bits per heavy atom. The summed E-state index contributed by atoms with van der Waals surface area (Å²) in [5.41, 5.74) is 7.36. The van der Waals surface area contributed by atoms with Gasteiger partial charge in [-0.25, -0.2) is 13.8 Å². The van der Waals surface area contributed by atoms with E-state index in [4.69, 9.17) is 5.73 Å². The molecule has 0 amide bonds. The number of halogens is 2. The molecule has 0 bridgehead atoms. The summed E-state index contributed by atoms with van der Waals surface area (Å²) in [6.45, 7) is 2.08. The van der Waals surface area contributed by atoms with Crippen LogP contribution >= 0.6 is 0 Å². The lowest BCUT2D eigenvalue weighted by Gasteiger charge is -2.12. The second-order valence-electron chi connectivity index (χ2n) is 5.32. The van der Waals surface area contributed by atoms with E-state index >= 15 is 0 Å². The van der Waals surface area contributed by atoms with Crippen LogP contribution < -0.4 is 5.73 Å². The van der Waals surface area contributed by atoms with Crippen molar-refractivity contribution in [3.63, 3.8) is 0 Å². The van der Waals surface area contributed by atoms with Gasteiger partial charge in [0.05, 0.1) is 5.56 Å². The van der Waals surface area contributed by atoms with E-state index in [1.165, 1.54) is 16.8 Å². The van der Waals surface area contributed by atoms with Gasteiger partial charge in [0, 0.05) is 6.20 Å². The van der Waals surface area contributed by atoms with Crippen molar-refractivity contribution >= 4 is 5.82 Å². The van der Waals surface area contributed by atoms with Crippen LogP contribution in [-0.4, -0.2) is 25.2 Å². The van der Waals surface area contributed by atoms with Gasteiger partial charge >= 0.3 is 0 Å². The molecule has 6 nitrogen and oxygen atoms in total. The molecule has 0 saturated heterocycles. The van der Waals surface area contributed by atoms with Crippen LogP contribution in [0.3, 0.4) is 0 Å². The number of nitrogens with zero attached hydrogens (tertiary/aromatic N) is 5. The zero-order valence-electron chi connectivity index (χ0n) is 13.1. The van der Waals surface area contributed by atoms with E-state index in [0.717, 1.165) is 30.9 Å². The molecular weight excluding hydrogens is 314 g/mol. The second kappa shape index (κ2) is 6.69. The minimum atomic E-state index is -1.01. The van der Waals surface area contributed by atoms with Crippen LogP contribution in [0.15, 0.2) is 30.5 Å². The number of hydrogen-bond donors (Lipinski definition) is 1. The maximum atomic E-state index is 14.1. The highest BCUT2D eigenvalue weighted by Gasteiger charge is 2.20. The van der Waals surface area contributed by atoms with Crippen LogP contribution in [0.1, 0.15) is 25.3 Å². The largest absolute Gasteiger partial charge is 0.382 e. The van der Waals surface area contributed by atoms with E-state index in [1.54, 1.807) is 6.20 Å². The third-order valence-corrected chi connectivity index (χ3v) is 3.71. The Morgan fingerprint density at radius 2 is 2.04 bits per heavy atom. The Bertz CT molecular complexity index is 862. The number of rotatable bonds is 5. The van der Waals surface area contributed by atoms with Crippen molar-refractivity contribution in [3.05, 3.63) is 47.7 Å². The summed E-state index contributed by atoms with van der Waals surface area (Å²) in [7, 11) is 0. The highest BCUT2D eigenvalue weighted by Crippen LogP contribution is 2.28. The molecule has 0 radical (unpaired) electrons. The van der Waals surface area contributed by atoms with E-state index < -0.39 is 11.6 Å². The number of tetrazole rings is 1. The maximum Gasteiger partial charge on any atom is 0.190 e. The molecule has 0 atom stereocenters. The first-order valence-corrected chi connectivity index (χ1v) is 7.60. The Kier molecular flexibility index (Phi) is 4.45. The Labute approximate surface area is 137 Å². The molecule has 0 spiro atoms. The van der Waals surface area contributed by atoms with Crippen LogP contribution in [0.4, 0.5) is 14.6 Å². The molecule has 8 heteroatoms. The van der Waals surface area contributed by atoms with Crippen molar-refractivity contribution in [2.75, 3.05) is 5.73 Å². The van der Waals surface area contributed by atoms with E-state index in [2.05, 4.69) is 27.4 Å². The summed E-state index contributed by atoms with van der Waals surface area (Å²) in [4.78, 5) is 4.07. The van der Waals surface area contributed by atoms with Gasteiger partial charge in [0.15, 0.2) is 17.5 Å². The SMILES string of the molecule is CCCCc1ccnc(N)c1-n1nnnc1-c1cccc(F)c1F. The molecule has 0 aliphatic rings. The summed E-state index contributed by atoms with van der Waals surface area (Å²) >= 11 is 0. The average molecular weight is 330 g/mol. The lowest BCUT2D eigenvalue weighted by Crippen LogP contribution is -2.10. The lowest BCUT2D eigenvalue weighted by molar-refractivity contribution is 0.510. The van der Waals surface area contributed by atoms with Crippen LogP contribution in [0.5, 0.6) is 0 Å². The van der Waals surface area contributed by atoms with Crippen LogP contribution in [0.2, 0.25) is 0 Å². The summed E-state index contributed by atoms with van der Waals surface area (Å²) in [5.74, 6) is -1.67. The number of benzene rings is 1.